The Morgan fingerprint density at radius 2 is 1.67 bits per heavy atom. The molecule has 2 heterocycles. The number of nitrogens with zero attached hydrogens (tertiary/aromatic N) is 2. The first-order valence-electron chi connectivity index (χ1n) is 12.1. The van der Waals surface area contributed by atoms with Crippen LogP contribution in [0.2, 0.25) is 0 Å². The zero-order chi connectivity index (χ0) is 25.7. The molecule has 8 nitrogen and oxygen atoms in total. The van der Waals surface area contributed by atoms with E-state index in [-0.39, 0.29) is 12.5 Å². The summed E-state index contributed by atoms with van der Waals surface area (Å²) in [5.41, 5.74) is 1.47. The minimum absolute atomic E-state index is 0.341. The van der Waals surface area contributed by atoms with E-state index in [0.717, 1.165) is 34.0 Å². The topological polar surface area (TPSA) is 98.8 Å². The summed E-state index contributed by atoms with van der Waals surface area (Å²) in [4.78, 5) is 56.5. The average Bonchev–Trinajstić information content (AvgIpc) is 2.90. The summed E-state index contributed by atoms with van der Waals surface area (Å²) in [7, 11) is 0. The van der Waals surface area contributed by atoms with Gasteiger partial charge in [0.15, 0.2) is 5.78 Å². The van der Waals surface area contributed by atoms with Crippen molar-refractivity contribution in [3.05, 3.63) is 48.5 Å². The normalized spacial score (nSPS) is 17.4. The molecule has 0 saturated carbocycles. The van der Waals surface area contributed by atoms with E-state index in [1.165, 1.54) is 4.90 Å². The number of fused-ring (bicyclic) bond motifs is 2. The third-order valence-electron chi connectivity index (χ3n) is 6.27. The second-order valence-corrected chi connectivity index (χ2v) is 9.76. The number of anilines is 2. The van der Waals surface area contributed by atoms with E-state index in [2.05, 4.69) is 10.6 Å². The lowest BCUT2D eigenvalue weighted by molar-refractivity contribution is -0.133. The summed E-state index contributed by atoms with van der Waals surface area (Å²) in [6, 6.07) is 12.7. The molecule has 1 unspecified atom stereocenters. The van der Waals surface area contributed by atoms with Crippen molar-refractivity contribution in [2.45, 2.75) is 54.5 Å². The maximum Gasteiger partial charge on any atom is 0.329 e. The summed E-state index contributed by atoms with van der Waals surface area (Å²) in [5, 5.41) is 5.11. The highest BCUT2D eigenvalue weighted by Crippen LogP contribution is 2.48. The number of likely N-dealkylation sites (tertiary alicyclic amines) is 1. The highest BCUT2D eigenvalue weighted by atomic mass is 32.2. The van der Waals surface area contributed by atoms with Gasteiger partial charge in [-0.2, -0.15) is 0 Å². The molecule has 0 radical (unpaired) electrons. The number of nitrogens with one attached hydrogen (secondary N) is 2. The monoisotopic (exact) mass is 512 g/mol. The predicted octanol–water partition coefficient (Wildman–Crippen LogP) is 3.81. The average molecular weight is 513 g/mol. The second-order valence-electron chi connectivity index (χ2n) is 8.68. The molecule has 2 aliphatic heterocycles. The van der Waals surface area contributed by atoms with Gasteiger partial charge in [0, 0.05) is 22.9 Å². The van der Waals surface area contributed by atoms with Crippen LogP contribution >= 0.6 is 11.8 Å². The SMILES string of the molecule is CCNC(=O)CC(NC(=O)[C@@H]1CCCCN1C(=O)N1c2ccccc2Sc2ccccc21)C(=O)CF. The number of ketones is 1. The molecule has 190 valence electrons. The largest absolute Gasteiger partial charge is 0.356 e. The summed E-state index contributed by atoms with van der Waals surface area (Å²) in [6.07, 6.45) is 1.50. The number of urea groups is 1. The van der Waals surface area contributed by atoms with Crippen molar-refractivity contribution in [2.75, 3.05) is 24.7 Å². The number of Topliss-reactive ketones (excluding diaryl/α,β-unsaturated/α-hetero) is 1. The molecule has 4 rings (SSSR count). The molecule has 2 N–H and O–H groups in total. The van der Waals surface area contributed by atoms with Crippen LogP contribution in [-0.2, 0) is 14.4 Å². The lowest BCUT2D eigenvalue weighted by Gasteiger charge is -2.40. The minimum Gasteiger partial charge on any atom is -0.356 e. The van der Waals surface area contributed by atoms with E-state index in [1.54, 1.807) is 23.6 Å². The molecule has 1 saturated heterocycles. The van der Waals surface area contributed by atoms with Gasteiger partial charge in [-0.15, -0.1) is 0 Å². The van der Waals surface area contributed by atoms with E-state index in [4.69, 9.17) is 0 Å². The van der Waals surface area contributed by atoms with Gasteiger partial charge in [-0.25, -0.2) is 9.18 Å². The number of amides is 4. The Labute approximate surface area is 213 Å². The van der Waals surface area contributed by atoms with Gasteiger partial charge < -0.3 is 15.5 Å². The molecule has 1 fully saturated rings. The number of piperidine rings is 1. The number of alkyl halides is 1. The molecular formula is C26H29FN4O4S. The Hall–Kier alpha value is -3.40. The van der Waals surface area contributed by atoms with Crippen molar-refractivity contribution in [1.29, 1.82) is 0 Å². The highest BCUT2D eigenvalue weighted by Gasteiger charge is 2.39. The third-order valence-corrected chi connectivity index (χ3v) is 7.41. The zero-order valence-electron chi connectivity index (χ0n) is 20.0. The summed E-state index contributed by atoms with van der Waals surface area (Å²) >= 11 is 1.58. The molecule has 4 amide bonds. The van der Waals surface area contributed by atoms with Crippen molar-refractivity contribution >= 4 is 46.8 Å². The maximum absolute atomic E-state index is 14.0. The third kappa shape index (κ3) is 5.38. The van der Waals surface area contributed by atoms with Crippen molar-refractivity contribution in [1.82, 2.24) is 15.5 Å². The van der Waals surface area contributed by atoms with Crippen molar-refractivity contribution in [2.24, 2.45) is 0 Å². The first kappa shape index (κ1) is 25.7. The predicted molar refractivity (Wildman–Crippen MR) is 135 cm³/mol. The number of hydrogen-bond acceptors (Lipinski definition) is 5. The summed E-state index contributed by atoms with van der Waals surface area (Å²) in [6.45, 7) is 1.15. The van der Waals surface area contributed by atoms with Crippen LogP contribution in [0.1, 0.15) is 32.6 Å². The van der Waals surface area contributed by atoms with Crippen LogP contribution in [0.15, 0.2) is 58.3 Å². The fraction of sp³-hybridized carbons (Fsp3) is 0.385. The van der Waals surface area contributed by atoms with Crippen molar-refractivity contribution in [3.63, 3.8) is 0 Å². The molecule has 2 aliphatic rings. The molecule has 2 atom stereocenters. The number of hydrogen-bond donors (Lipinski definition) is 2. The fourth-order valence-electron chi connectivity index (χ4n) is 4.53. The Bertz CT molecular complexity index is 1110. The van der Waals surface area contributed by atoms with Gasteiger partial charge in [-0.1, -0.05) is 36.0 Å². The van der Waals surface area contributed by atoms with E-state index < -0.39 is 36.4 Å². The number of para-hydroxylation sites is 2. The lowest BCUT2D eigenvalue weighted by atomic mass is 10.00. The fourth-order valence-corrected chi connectivity index (χ4v) is 5.59. The first-order chi connectivity index (χ1) is 17.4. The minimum atomic E-state index is -1.29. The number of benzene rings is 2. The quantitative estimate of drug-likeness (QED) is 0.588. The van der Waals surface area contributed by atoms with Crippen molar-refractivity contribution in [3.8, 4) is 0 Å². The van der Waals surface area contributed by atoms with Crippen LogP contribution in [-0.4, -0.2) is 60.4 Å². The lowest BCUT2D eigenvalue weighted by Crippen LogP contribution is -2.57. The zero-order valence-corrected chi connectivity index (χ0v) is 20.9. The Kier molecular flexibility index (Phi) is 8.25. The van der Waals surface area contributed by atoms with Gasteiger partial charge in [0.1, 0.15) is 12.7 Å². The Morgan fingerprint density at radius 1 is 1.03 bits per heavy atom. The highest BCUT2D eigenvalue weighted by molar-refractivity contribution is 7.99. The smallest absolute Gasteiger partial charge is 0.329 e. The number of halogens is 1. The summed E-state index contributed by atoms with van der Waals surface area (Å²) < 4.78 is 13.2. The van der Waals surface area contributed by atoms with E-state index >= 15 is 0 Å². The first-order valence-corrected chi connectivity index (χ1v) is 12.9. The van der Waals surface area contributed by atoms with Gasteiger partial charge in [0.25, 0.3) is 0 Å². The van der Waals surface area contributed by atoms with E-state index in [0.29, 0.717) is 19.5 Å². The number of rotatable bonds is 7. The molecule has 2 aromatic carbocycles. The molecule has 0 bridgehead atoms. The molecule has 36 heavy (non-hydrogen) atoms. The van der Waals surface area contributed by atoms with E-state index in [9.17, 15) is 23.6 Å². The molecule has 0 aliphatic carbocycles. The van der Waals surface area contributed by atoms with Crippen LogP contribution < -0.4 is 15.5 Å². The van der Waals surface area contributed by atoms with Crippen LogP contribution in [0.4, 0.5) is 20.6 Å². The van der Waals surface area contributed by atoms with Gasteiger partial charge in [-0.3, -0.25) is 19.3 Å². The second kappa shape index (κ2) is 11.6. The van der Waals surface area contributed by atoms with Gasteiger partial charge >= 0.3 is 6.03 Å². The molecule has 2 aromatic rings. The standard InChI is InChI=1S/C26H29FN4O4S/c1-2-28-24(33)15-17(21(32)16-27)29-25(34)20-11-7-8-14-30(20)26(35)31-18-9-3-5-12-22(18)36-23-13-6-4-10-19(23)31/h3-6,9-10,12-13,17,20H,2,7-8,11,14-16H2,1H3,(H,28,33)(H,29,34)/t17?,20-/m0/s1. The van der Waals surface area contributed by atoms with Crippen LogP contribution in [0, 0.1) is 0 Å². The Morgan fingerprint density at radius 3 is 2.28 bits per heavy atom. The molecular weight excluding hydrogens is 483 g/mol. The van der Waals surface area contributed by atoms with E-state index in [1.807, 2.05) is 48.5 Å². The van der Waals surface area contributed by atoms with Gasteiger partial charge in [0.2, 0.25) is 11.8 Å². The van der Waals surface area contributed by atoms with Gasteiger partial charge in [0.05, 0.1) is 23.8 Å². The number of carbonyl (C=O) groups excluding carboxylic acids is 4. The van der Waals surface area contributed by atoms with Crippen molar-refractivity contribution < 1.29 is 23.6 Å². The van der Waals surface area contributed by atoms with Crippen LogP contribution in [0.5, 0.6) is 0 Å². The molecule has 10 heteroatoms. The number of carbonyl (C=O) groups is 4. The van der Waals surface area contributed by atoms with Gasteiger partial charge in [-0.05, 0) is 50.5 Å². The molecule has 0 spiro atoms. The Balaban J connectivity index is 1.60. The summed E-state index contributed by atoms with van der Waals surface area (Å²) in [5.74, 6) is -1.90. The maximum atomic E-state index is 14.0. The van der Waals surface area contributed by atoms with Crippen LogP contribution in [0.3, 0.4) is 0 Å². The van der Waals surface area contributed by atoms with Crippen LogP contribution in [0.25, 0.3) is 0 Å². The molecule has 0 aromatic heterocycles.